The first-order valence-corrected chi connectivity index (χ1v) is 12.8. The highest BCUT2D eigenvalue weighted by Gasteiger charge is 2.29. The molecule has 38 heavy (non-hydrogen) atoms. The number of amides is 2. The lowest BCUT2D eigenvalue weighted by Gasteiger charge is -2.32. The Hall–Kier alpha value is -3.97. The number of hydrogen-bond acceptors (Lipinski definition) is 10. The highest BCUT2D eigenvalue weighted by atomic mass is 16.5. The summed E-state index contributed by atoms with van der Waals surface area (Å²) in [5.74, 6) is -0.210. The zero-order valence-corrected chi connectivity index (χ0v) is 21.9. The standard InChI is InChI=1S/C24H35N9O5/c1-24(2,3)12-38-23(37)30-16(21(35)36)11-33-14-29-17-18(27-13-28-19(17)33)32-9-5-15(6-10-32)20(34)31-22-25-7-4-8-26-22/h13-16H,4-12H2,1-3H3,(H,30,37)(H,35,36)(H2,25,26,31,34)/t16-/m0/s1. The number of rotatable bonds is 7. The molecule has 0 aliphatic carbocycles. The molecule has 2 amide bonds. The van der Waals surface area contributed by atoms with E-state index in [2.05, 4.69) is 40.8 Å². The SMILES string of the molecule is CC(C)(C)COC(=O)N[C@@H](Cn1cnc2c(N3CCC(C(=O)NC4=NCCCN4)CC3)ncnc21)C(=O)O. The van der Waals surface area contributed by atoms with Gasteiger partial charge in [-0.15, -0.1) is 0 Å². The zero-order chi connectivity index (χ0) is 27.3. The minimum Gasteiger partial charge on any atom is -0.480 e. The molecule has 2 aliphatic rings. The number of hydrogen-bond donors (Lipinski definition) is 4. The second-order valence-electron chi connectivity index (χ2n) is 10.7. The third-order valence-corrected chi connectivity index (χ3v) is 6.29. The van der Waals surface area contributed by atoms with Crippen LogP contribution in [0.3, 0.4) is 0 Å². The maximum atomic E-state index is 12.7. The molecule has 4 rings (SSSR count). The summed E-state index contributed by atoms with van der Waals surface area (Å²) in [4.78, 5) is 56.2. The van der Waals surface area contributed by atoms with Crippen molar-refractivity contribution in [2.75, 3.05) is 37.7 Å². The molecule has 4 heterocycles. The second-order valence-corrected chi connectivity index (χ2v) is 10.7. The van der Waals surface area contributed by atoms with Gasteiger partial charge in [-0.05, 0) is 24.7 Å². The number of fused-ring (bicyclic) bond motifs is 1. The Morgan fingerprint density at radius 2 is 1.97 bits per heavy atom. The molecule has 206 valence electrons. The molecular formula is C24H35N9O5. The normalized spacial score (nSPS) is 17.3. The van der Waals surface area contributed by atoms with E-state index in [0.717, 1.165) is 13.0 Å². The van der Waals surface area contributed by atoms with E-state index in [-0.39, 0.29) is 30.4 Å². The van der Waals surface area contributed by atoms with Crippen molar-refractivity contribution in [3.63, 3.8) is 0 Å². The van der Waals surface area contributed by atoms with Crippen LogP contribution in [0.5, 0.6) is 0 Å². The maximum absolute atomic E-state index is 12.7. The number of nitrogens with zero attached hydrogens (tertiary/aromatic N) is 6. The van der Waals surface area contributed by atoms with Gasteiger partial charge < -0.3 is 29.9 Å². The Morgan fingerprint density at radius 3 is 2.63 bits per heavy atom. The van der Waals surface area contributed by atoms with Crippen LogP contribution in [-0.2, 0) is 20.9 Å². The van der Waals surface area contributed by atoms with E-state index in [9.17, 15) is 19.5 Å². The number of ether oxygens (including phenoxy) is 1. The summed E-state index contributed by atoms with van der Waals surface area (Å²) >= 11 is 0. The molecule has 1 atom stereocenters. The van der Waals surface area contributed by atoms with Gasteiger partial charge in [-0.25, -0.2) is 24.5 Å². The molecule has 0 spiro atoms. The maximum Gasteiger partial charge on any atom is 0.407 e. The molecule has 0 radical (unpaired) electrons. The fourth-order valence-electron chi connectivity index (χ4n) is 4.27. The zero-order valence-electron chi connectivity index (χ0n) is 21.9. The monoisotopic (exact) mass is 529 g/mol. The van der Waals surface area contributed by atoms with Gasteiger partial charge in [-0.3, -0.25) is 15.1 Å². The van der Waals surface area contributed by atoms with Crippen LogP contribution >= 0.6 is 0 Å². The van der Waals surface area contributed by atoms with Crippen molar-refractivity contribution in [2.24, 2.45) is 16.3 Å². The first-order chi connectivity index (χ1) is 18.1. The summed E-state index contributed by atoms with van der Waals surface area (Å²) in [6.07, 6.45) is 4.34. The van der Waals surface area contributed by atoms with Gasteiger partial charge in [0.05, 0.1) is 19.5 Å². The van der Waals surface area contributed by atoms with Crippen molar-refractivity contribution < 1.29 is 24.2 Å². The number of aliphatic carboxylic acids is 1. The van der Waals surface area contributed by atoms with Gasteiger partial charge in [0.25, 0.3) is 0 Å². The third kappa shape index (κ3) is 6.86. The van der Waals surface area contributed by atoms with Crippen molar-refractivity contribution in [1.29, 1.82) is 0 Å². The quantitative estimate of drug-likeness (QED) is 0.400. The van der Waals surface area contributed by atoms with Crippen LogP contribution in [0.1, 0.15) is 40.0 Å². The molecule has 2 aromatic heterocycles. The second kappa shape index (κ2) is 11.6. The van der Waals surface area contributed by atoms with E-state index in [0.29, 0.717) is 55.4 Å². The van der Waals surface area contributed by atoms with Crippen LogP contribution < -0.4 is 20.9 Å². The lowest BCUT2D eigenvalue weighted by atomic mass is 9.96. The summed E-state index contributed by atoms with van der Waals surface area (Å²) in [6.45, 7) is 8.52. The van der Waals surface area contributed by atoms with E-state index in [1.165, 1.54) is 12.7 Å². The van der Waals surface area contributed by atoms with Gasteiger partial charge in [0.15, 0.2) is 22.9 Å². The predicted octanol–water partition coefficient (Wildman–Crippen LogP) is 0.734. The lowest BCUT2D eigenvalue weighted by molar-refractivity contribution is -0.139. The largest absolute Gasteiger partial charge is 0.480 e. The summed E-state index contributed by atoms with van der Waals surface area (Å²) in [6, 6.07) is -1.24. The smallest absolute Gasteiger partial charge is 0.407 e. The van der Waals surface area contributed by atoms with Crippen LogP contribution in [0.25, 0.3) is 11.2 Å². The third-order valence-electron chi connectivity index (χ3n) is 6.29. The fraction of sp³-hybridized carbons (Fsp3) is 0.625. The van der Waals surface area contributed by atoms with Crippen LogP contribution in [0, 0.1) is 11.3 Å². The molecule has 1 saturated heterocycles. The van der Waals surface area contributed by atoms with Gasteiger partial charge in [-0.1, -0.05) is 20.8 Å². The molecular weight excluding hydrogens is 494 g/mol. The molecule has 0 saturated carbocycles. The van der Waals surface area contributed by atoms with Crippen molar-refractivity contribution in [3.8, 4) is 0 Å². The molecule has 0 aromatic carbocycles. The number of anilines is 1. The first kappa shape index (κ1) is 27.1. The number of imidazole rings is 1. The molecule has 0 bridgehead atoms. The topological polar surface area (TPSA) is 176 Å². The lowest BCUT2D eigenvalue weighted by Crippen LogP contribution is -2.48. The van der Waals surface area contributed by atoms with Gasteiger partial charge in [0.2, 0.25) is 5.91 Å². The molecule has 4 N–H and O–H groups in total. The number of aliphatic imine (C=N–C) groups is 1. The molecule has 14 nitrogen and oxygen atoms in total. The Bertz CT molecular complexity index is 1200. The minimum atomic E-state index is -1.24. The number of aromatic nitrogens is 4. The van der Waals surface area contributed by atoms with Crippen molar-refractivity contribution in [1.82, 2.24) is 35.5 Å². The number of nitrogens with one attached hydrogen (secondary N) is 3. The van der Waals surface area contributed by atoms with E-state index in [4.69, 9.17) is 4.74 Å². The van der Waals surface area contributed by atoms with Gasteiger partial charge >= 0.3 is 12.1 Å². The summed E-state index contributed by atoms with van der Waals surface area (Å²) in [5, 5.41) is 18.1. The number of carboxylic acid groups (broad SMARTS) is 1. The van der Waals surface area contributed by atoms with Crippen molar-refractivity contribution in [2.45, 2.75) is 52.6 Å². The number of alkyl carbamates (subject to hydrolysis) is 1. The molecule has 1 fully saturated rings. The van der Waals surface area contributed by atoms with Crippen LogP contribution in [0.15, 0.2) is 17.6 Å². The number of carbonyl (C=O) groups is 3. The Balaban J connectivity index is 1.39. The number of guanidine groups is 1. The van der Waals surface area contributed by atoms with Crippen LogP contribution in [-0.4, -0.2) is 87.4 Å². The van der Waals surface area contributed by atoms with Gasteiger partial charge in [0.1, 0.15) is 12.4 Å². The molecule has 0 unspecified atom stereocenters. The molecule has 14 heteroatoms. The highest BCUT2D eigenvalue weighted by molar-refractivity contribution is 5.98. The average Bonchev–Trinajstić information content (AvgIpc) is 3.30. The fourth-order valence-corrected chi connectivity index (χ4v) is 4.27. The Kier molecular flexibility index (Phi) is 8.27. The predicted molar refractivity (Wildman–Crippen MR) is 139 cm³/mol. The van der Waals surface area contributed by atoms with Crippen LogP contribution in [0.2, 0.25) is 0 Å². The summed E-state index contributed by atoms with van der Waals surface area (Å²) in [5.41, 5.74) is 0.729. The van der Waals surface area contributed by atoms with Crippen molar-refractivity contribution in [3.05, 3.63) is 12.7 Å². The first-order valence-electron chi connectivity index (χ1n) is 12.8. The average molecular weight is 530 g/mol. The summed E-state index contributed by atoms with van der Waals surface area (Å²) < 4.78 is 6.72. The number of piperidine rings is 1. The highest BCUT2D eigenvalue weighted by Crippen LogP contribution is 2.27. The van der Waals surface area contributed by atoms with Gasteiger partial charge in [-0.2, -0.15) is 0 Å². The van der Waals surface area contributed by atoms with E-state index < -0.39 is 18.1 Å². The molecule has 2 aliphatic heterocycles. The van der Waals surface area contributed by atoms with E-state index in [1.54, 1.807) is 4.57 Å². The Morgan fingerprint density at radius 1 is 1.21 bits per heavy atom. The van der Waals surface area contributed by atoms with E-state index in [1.807, 2.05) is 20.8 Å². The number of carboxylic acids is 1. The van der Waals surface area contributed by atoms with Crippen LogP contribution in [0.4, 0.5) is 10.6 Å². The minimum absolute atomic E-state index is 0.0387. The summed E-state index contributed by atoms with van der Waals surface area (Å²) in [7, 11) is 0. The number of carbonyl (C=O) groups excluding carboxylic acids is 2. The Labute approximate surface area is 220 Å². The van der Waals surface area contributed by atoms with E-state index >= 15 is 0 Å². The van der Waals surface area contributed by atoms with Crippen molar-refractivity contribution >= 4 is 40.9 Å². The molecule has 2 aromatic rings. The van der Waals surface area contributed by atoms with Gasteiger partial charge in [0, 0.05) is 32.1 Å².